The van der Waals surface area contributed by atoms with Gasteiger partial charge < -0.3 is 11.1 Å². The molecular weight excluding hydrogens is 418 g/mol. The van der Waals surface area contributed by atoms with Crippen LogP contribution in [0.4, 0.5) is 5.82 Å². The Labute approximate surface area is 195 Å². The molecule has 6 heteroatoms. The number of rotatable bonds is 9. The molecule has 1 aliphatic rings. The predicted molar refractivity (Wildman–Crippen MR) is 131 cm³/mol. The Hall–Kier alpha value is -2.50. The van der Waals surface area contributed by atoms with Crippen LogP contribution >= 0.6 is 11.6 Å². The Morgan fingerprint density at radius 3 is 2.66 bits per heavy atom. The molecule has 0 saturated heterocycles. The maximum Gasteiger partial charge on any atom is 0.126 e. The lowest BCUT2D eigenvalue weighted by Crippen LogP contribution is -2.21. The first-order chi connectivity index (χ1) is 15.7. The lowest BCUT2D eigenvalue weighted by molar-refractivity contribution is 0.264. The van der Waals surface area contributed by atoms with Crippen molar-refractivity contribution < 1.29 is 0 Å². The van der Waals surface area contributed by atoms with Crippen molar-refractivity contribution >= 4 is 17.4 Å². The van der Waals surface area contributed by atoms with E-state index < -0.39 is 0 Å². The summed E-state index contributed by atoms with van der Waals surface area (Å²) in [7, 11) is 0. The Kier molecular flexibility index (Phi) is 8.07. The SMILES string of the molecule is NCC1CCC(CCCc2cc(-c3cccc(NCc4cccnc4)n3)c(Cl)cn2)CC1. The summed E-state index contributed by atoms with van der Waals surface area (Å²) in [4.78, 5) is 13.5. The van der Waals surface area contributed by atoms with Gasteiger partial charge in [-0.15, -0.1) is 0 Å². The monoisotopic (exact) mass is 449 g/mol. The zero-order valence-corrected chi connectivity index (χ0v) is 19.3. The Morgan fingerprint density at radius 2 is 1.88 bits per heavy atom. The van der Waals surface area contributed by atoms with Crippen molar-refractivity contribution in [3.05, 3.63) is 71.3 Å². The fourth-order valence-corrected chi connectivity index (χ4v) is 4.72. The van der Waals surface area contributed by atoms with Crippen molar-refractivity contribution in [2.75, 3.05) is 11.9 Å². The zero-order valence-electron chi connectivity index (χ0n) is 18.5. The summed E-state index contributed by atoms with van der Waals surface area (Å²) >= 11 is 6.50. The molecule has 0 aromatic carbocycles. The topological polar surface area (TPSA) is 76.7 Å². The van der Waals surface area contributed by atoms with Crippen LogP contribution in [0.15, 0.2) is 55.0 Å². The first-order valence-corrected chi connectivity index (χ1v) is 12.0. The molecule has 0 spiro atoms. The minimum Gasteiger partial charge on any atom is -0.366 e. The molecule has 32 heavy (non-hydrogen) atoms. The summed E-state index contributed by atoms with van der Waals surface area (Å²) in [5.74, 6) is 2.40. The highest BCUT2D eigenvalue weighted by Crippen LogP contribution is 2.32. The fourth-order valence-electron chi connectivity index (χ4n) is 4.52. The zero-order chi connectivity index (χ0) is 22.2. The highest BCUT2D eigenvalue weighted by atomic mass is 35.5. The molecule has 0 amide bonds. The van der Waals surface area contributed by atoms with Crippen LogP contribution in [0.5, 0.6) is 0 Å². The van der Waals surface area contributed by atoms with Crippen LogP contribution in [0, 0.1) is 11.8 Å². The molecule has 5 nitrogen and oxygen atoms in total. The summed E-state index contributed by atoms with van der Waals surface area (Å²) in [6, 6.07) is 12.0. The first kappa shape index (κ1) is 22.7. The van der Waals surface area contributed by atoms with Crippen molar-refractivity contribution in [2.24, 2.45) is 17.6 Å². The number of hydrogen-bond acceptors (Lipinski definition) is 5. The number of aromatic nitrogens is 3. The number of hydrogen-bond donors (Lipinski definition) is 2. The van der Waals surface area contributed by atoms with E-state index in [1.165, 1.54) is 32.1 Å². The van der Waals surface area contributed by atoms with Gasteiger partial charge in [-0.25, -0.2) is 4.98 Å². The van der Waals surface area contributed by atoms with Gasteiger partial charge in [-0.05, 0) is 73.9 Å². The predicted octanol–water partition coefficient (Wildman–Crippen LogP) is 5.89. The lowest BCUT2D eigenvalue weighted by atomic mass is 9.80. The van der Waals surface area contributed by atoms with Gasteiger partial charge in [0.05, 0.1) is 10.7 Å². The average molecular weight is 450 g/mol. The van der Waals surface area contributed by atoms with Crippen LogP contribution in [0.3, 0.4) is 0 Å². The molecule has 1 saturated carbocycles. The minimum absolute atomic E-state index is 0.630. The molecule has 3 N–H and O–H groups in total. The van der Waals surface area contributed by atoms with Gasteiger partial charge in [0.1, 0.15) is 5.82 Å². The van der Waals surface area contributed by atoms with Gasteiger partial charge in [0.15, 0.2) is 0 Å². The van der Waals surface area contributed by atoms with E-state index in [2.05, 4.69) is 21.4 Å². The number of nitrogens with zero attached hydrogens (tertiary/aromatic N) is 3. The Morgan fingerprint density at radius 1 is 1.03 bits per heavy atom. The van der Waals surface area contributed by atoms with Crippen molar-refractivity contribution in [1.29, 1.82) is 0 Å². The largest absolute Gasteiger partial charge is 0.366 e. The van der Waals surface area contributed by atoms with Crippen LogP contribution < -0.4 is 11.1 Å². The lowest BCUT2D eigenvalue weighted by Gasteiger charge is -2.27. The second-order valence-electron chi connectivity index (χ2n) is 8.79. The van der Waals surface area contributed by atoms with Crippen LogP contribution in [-0.4, -0.2) is 21.5 Å². The number of nitrogens with two attached hydrogens (primary N) is 1. The molecule has 3 aromatic heterocycles. The standard InChI is InChI=1S/C26H32ClN5/c27-24-18-30-22(6-1-4-19-9-11-20(15-28)12-10-19)14-23(24)25-7-2-8-26(32-25)31-17-21-5-3-13-29-16-21/h2-3,5,7-8,13-14,16,18-20H,1,4,6,9-12,15,17,28H2,(H,31,32). The van der Waals surface area contributed by atoms with E-state index in [4.69, 9.17) is 22.3 Å². The molecule has 0 atom stereocenters. The molecule has 0 unspecified atom stereocenters. The molecule has 3 heterocycles. The van der Waals surface area contributed by atoms with Crippen molar-refractivity contribution in [2.45, 2.75) is 51.5 Å². The molecule has 4 rings (SSSR count). The molecule has 1 fully saturated rings. The summed E-state index contributed by atoms with van der Waals surface area (Å²) in [6.07, 6.45) is 14.0. The third-order valence-corrected chi connectivity index (χ3v) is 6.78. The van der Waals surface area contributed by atoms with Crippen LogP contribution in [0.2, 0.25) is 5.02 Å². The van der Waals surface area contributed by atoms with Gasteiger partial charge in [-0.1, -0.05) is 43.0 Å². The number of pyridine rings is 3. The first-order valence-electron chi connectivity index (χ1n) is 11.7. The molecule has 0 bridgehead atoms. The van der Waals surface area contributed by atoms with E-state index >= 15 is 0 Å². The van der Waals surface area contributed by atoms with Gasteiger partial charge >= 0.3 is 0 Å². The van der Waals surface area contributed by atoms with Crippen molar-refractivity contribution in [3.8, 4) is 11.3 Å². The summed E-state index contributed by atoms with van der Waals surface area (Å²) in [5.41, 5.74) is 9.80. The average Bonchev–Trinajstić information content (AvgIpc) is 2.85. The number of halogens is 1. The smallest absolute Gasteiger partial charge is 0.126 e. The highest BCUT2D eigenvalue weighted by molar-refractivity contribution is 6.33. The number of nitrogens with one attached hydrogen (secondary N) is 1. The molecule has 3 aromatic rings. The minimum atomic E-state index is 0.630. The van der Waals surface area contributed by atoms with Gasteiger partial charge in [0, 0.05) is 36.4 Å². The van der Waals surface area contributed by atoms with Gasteiger partial charge in [0.2, 0.25) is 0 Å². The summed E-state index contributed by atoms with van der Waals surface area (Å²) in [5, 5.41) is 4.00. The summed E-state index contributed by atoms with van der Waals surface area (Å²) in [6.45, 7) is 1.52. The van der Waals surface area contributed by atoms with E-state index in [1.807, 2.05) is 36.5 Å². The van der Waals surface area contributed by atoms with Gasteiger partial charge in [0.25, 0.3) is 0 Å². The highest BCUT2D eigenvalue weighted by Gasteiger charge is 2.19. The van der Waals surface area contributed by atoms with E-state index in [0.717, 1.165) is 59.6 Å². The maximum absolute atomic E-state index is 6.50. The quantitative estimate of drug-likeness (QED) is 0.425. The molecule has 1 aliphatic carbocycles. The molecule has 168 valence electrons. The second kappa shape index (κ2) is 11.4. The van der Waals surface area contributed by atoms with Gasteiger partial charge in [-0.2, -0.15) is 0 Å². The number of anilines is 1. The summed E-state index contributed by atoms with van der Waals surface area (Å²) < 4.78 is 0. The molecule has 0 aliphatic heterocycles. The maximum atomic E-state index is 6.50. The second-order valence-corrected chi connectivity index (χ2v) is 9.20. The number of aryl methyl sites for hydroxylation is 1. The van der Waals surface area contributed by atoms with Crippen LogP contribution in [0.25, 0.3) is 11.3 Å². The molecule has 0 radical (unpaired) electrons. The molecular formula is C26H32ClN5. The third kappa shape index (κ3) is 6.27. The van der Waals surface area contributed by atoms with E-state index in [-0.39, 0.29) is 0 Å². The van der Waals surface area contributed by atoms with Crippen molar-refractivity contribution in [3.63, 3.8) is 0 Å². The van der Waals surface area contributed by atoms with E-state index in [1.54, 1.807) is 12.4 Å². The normalized spacial score (nSPS) is 18.4. The Bertz CT molecular complexity index is 987. The van der Waals surface area contributed by atoms with Crippen LogP contribution in [0.1, 0.15) is 49.8 Å². The van der Waals surface area contributed by atoms with Crippen molar-refractivity contribution in [1.82, 2.24) is 15.0 Å². The van der Waals surface area contributed by atoms with E-state index in [0.29, 0.717) is 11.6 Å². The Balaban J connectivity index is 1.36. The van der Waals surface area contributed by atoms with E-state index in [9.17, 15) is 0 Å². The third-order valence-electron chi connectivity index (χ3n) is 6.48. The fraction of sp³-hybridized carbons (Fsp3) is 0.423. The van der Waals surface area contributed by atoms with Gasteiger partial charge in [-0.3, -0.25) is 9.97 Å². The van der Waals surface area contributed by atoms with Crippen LogP contribution in [-0.2, 0) is 13.0 Å².